The lowest BCUT2D eigenvalue weighted by atomic mass is 9.78. The van der Waals surface area contributed by atoms with E-state index >= 15 is 0 Å². The molecule has 12 atom stereocenters. The van der Waals surface area contributed by atoms with E-state index in [0.29, 0.717) is 25.0 Å². The second kappa shape index (κ2) is 12.1. The Hall–Kier alpha value is -1.22. The first-order valence-corrected chi connectivity index (χ1v) is 14.0. The SMILES string of the molecule is CC(=O)O[C@H]1CCO[C@@H]([C@H]2CC[C@H](C)[C@@H]([C@H]3O[C@@H]([C@@H]4OCC[C@H](OC(C)=O)[C@H]4C)CC[C@@H]3C)O2)[C@@H]1C. The molecule has 206 valence electrons. The van der Waals surface area contributed by atoms with Crippen LogP contribution in [0.15, 0.2) is 0 Å². The summed E-state index contributed by atoms with van der Waals surface area (Å²) in [7, 11) is 0. The number of hydrogen-bond acceptors (Lipinski definition) is 8. The summed E-state index contributed by atoms with van der Waals surface area (Å²) in [6.45, 7) is 12.8. The molecular weight excluding hydrogens is 464 g/mol. The van der Waals surface area contributed by atoms with Crippen molar-refractivity contribution in [3.05, 3.63) is 0 Å². The normalized spacial score (nSPS) is 46.1. The van der Waals surface area contributed by atoms with Crippen molar-refractivity contribution in [2.24, 2.45) is 23.7 Å². The highest BCUT2D eigenvalue weighted by molar-refractivity contribution is 5.66. The summed E-state index contributed by atoms with van der Waals surface area (Å²) in [5, 5.41) is 0. The molecule has 0 radical (unpaired) electrons. The summed E-state index contributed by atoms with van der Waals surface area (Å²) in [4.78, 5) is 23.2. The van der Waals surface area contributed by atoms with Crippen molar-refractivity contribution in [3.63, 3.8) is 0 Å². The third kappa shape index (κ3) is 6.25. The Kier molecular flexibility index (Phi) is 9.34. The highest BCUT2D eigenvalue weighted by Gasteiger charge is 2.48. The maximum atomic E-state index is 11.6. The Bertz CT molecular complexity index is 696. The van der Waals surface area contributed by atoms with Crippen molar-refractivity contribution in [1.29, 1.82) is 0 Å². The van der Waals surface area contributed by atoms with Gasteiger partial charge < -0.3 is 28.4 Å². The van der Waals surface area contributed by atoms with Gasteiger partial charge in [0, 0.05) is 38.5 Å². The lowest BCUT2D eigenvalue weighted by Gasteiger charge is -2.49. The largest absolute Gasteiger partial charge is 0.462 e. The van der Waals surface area contributed by atoms with Gasteiger partial charge in [0.1, 0.15) is 12.2 Å². The van der Waals surface area contributed by atoms with Gasteiger partial charge in [0.05, 0.1) is 49.8 Å². The van der Waals surface area contributed by atoms with Crippen LogP contribution in [0.1, 0.15) is 80.1 Å². The van der Waals surface area contributed by atoms with Crippen LogP contribution in [0.25, 0.3) is 0 Å². The van der Waals surface area contributed by atoms with Crippen LogP contribution >= 0.6 is 0 Å². The van der Waals surface area contributed by atoms with Gasteiger partial charge in [-0.15, -0.1) is 0 Å². The third-order valence-electron chi connectivity index (χ3n) is 8.92. The standard InChI is InChI=1S/C28H46O8/c1-15-7-9-23(27-17(3)21(11-13-31-27)33-19(5)29)35-25(15)26-16(2)8-10-24(36-26)28-18(4)22(12-14-32-28)34-20(6)30/h15-18,21-28H,7-14H2,1-6H3/t15-,16-,17+,18+,21-,22-,23+,24+,25-,26-,27+,28+/m0/s1. The van der Waals surface area contributed by atoms with Crippen LogP contribution in [0.5, 0.6) is 0 Å². The van der Waals surface area contributed by atoms with Crippen molar-refractivity contribution in [3.8, 4) is 0 Å². The molecule has 0 amide bonds. The highest BCUT2D eigenvalue weighted by atomic mass is 16.6. The lowest BCUT2D eigenvalue weighted by Crippen LogP contribution is -2.57. The van der Waals surface area contributed by atoms with Gasteiger partial charge in [0.25, 0.3) is 0 Å². The Morgan fingerprint density at radius 3 is 1.33 bits per heavy atom. The Balaban J connectivity index is 1.43. The van der Waals surface area contributed by atoms with Crippen molar-refractivity contribution < 1.29 is 38.0 Å². The van der Waals surface area contributed by atoms with E-state index in [9.17, 15) is 9.59 Å². The Morgan fingerprint density at radius 2 is 0.972 bits per heavy atom. The van der Waals surface area contributed by atoms with Crippen LogP contribution in [0.4, 0.5) is 0 Å². The maximum absolute atomic E-state index is 11.6. The van der Waals surface area contributed by atoms with Crippen molar-refractivity contribution in [2.75, 3.05) is 13.2 Å². The van der Waals surface area contributed by atoms with Crippen LogP contribution in [-0.4, -0.2) is 74.0 Å². The minimum atomic E-state index is -0.242. The summed E-state index contributed by atoms with van der Waals surface area (Å²) >= 11 is 0. The molecule has 4 heterocycles. The quantitative estimate of drug-likeness (QED) is 0.512. The van der Waals surface area contributed by atoms with Crippen molar-refractivity contribution in [1.82, 2.24) is 0 Å². The number of hydrogen-bond donors (Lipinski definition) is 0. The molecule has 4 rings (SSSR count). The van der Waals surface area contributed by atoms with Gasteiger partial charge in [-0.1, -0.05) is 27.7 Å². The first-order chi connectivity index (χ1) is 17.2. The molecule has 0 aliphatic carbocycles. The molecular formula is C28H46O8. The molecule has 4 aliphatic heterocycles. The molecule has 8 nitrogen and oxygen atoms in total. The van der Waals surface area contributed by atoms with Gasteiger partial charge >= 0.3 is 11.9 Å². The molecule has 0 aromatic heterocycles. The van der Waals surface area contributed by atoms with Crippen molar-refractivity contribution >= 4 is 11.9 Å². The van der Waals surface area contributed by atoms with Gasteiger partial charge in [-0.3, -0.25) is 9.59 Å². The van der Waals surface area contributed by atoms with E-state index in [0.717, 1.165) is 38.5 Å². The zero-order chi connectivity index (χ0) is 26.0. The van der Waals surface area contributed by atoms with Crippen LogP contribution in [-0.2, 0) is 38.0 Å². The predicted molar refractivity (Wildman–Crippen MR) is 132 cm³/mol. The monoisotopic (exact) mass is 510 g/mol. The van der Waals surface area contributed by atoms with Crippen LogP contribution in [0.2, 0.25) is 0 Å². The lowest BCUT2D eigenvalue weighted by molar-refractivity contribution is -0.249. The fraction of sp³-hybridized carbons (Fsp3) is 0.929. The third-order valence-corrected chi connectivity index (χ3v) is 8.92. The fourth-order valence-corrected chi connectivity index (χ4v) is 6.82. The van der Waals surface area contributed by atoms with E-state index < -0.39 is 0 Å². The van der Waals surface area contributed by atoms with Crippen molar-refractivity contribution in [2.45, 2.75) is 129 Å². The van der Waals surface area contributed by atoms with E-state index in [1.165, 1.54) is 13.8 Å². The first kappa shape index (κ1) is 27.8. The van der Waals surface area contributed by atoms with Crippen LogP contribution in [0.3, 0.4) is 0 Å². The zero-order valence-electron chi connectivity index (χ0n) is 22.9. The van der Waals surface area contributed by atoms with E-state index in [1.807, 2.05) is 0 Å². The molecule has 0 spiro atoms. The molecule has 0 bridgehead atoms. The second-order valence-electron chi connectivity index (χ2n) is 11.6. The molecule has 4 saturated heterocycles. The average Bonchev–Trinajstić information content (AvgIpc) is 2.82. The van der Waals surface area contributed by atoms with Gasteiger partial charge in [-0.2, -0.15) is 0 Å². The first-order valence-electron chi connectivity index (χ1n) is 14.0. The molecule has 4 fully saturated rings. The topological polar surface area (TPSA) is 89.5 Å². The van der Waals surface area contributed by atoms with Gasteiger partial charge in [0.15, 0.2) is 0 Å². The molecule has 0 unspecified atom stereocenters. The molecule has 8 heteroatoms. The van der Waals surface area contributed by atoms with Crippen LogP contribution in [0, 0.1) is 23.7 Å². The minimum Gasteiger partial charge on any atom is -0.462 e. The smallest absolute Gasteiger partial charge is 0.302 e. The molecule has 36 heavy (non-hydrogen) atoms. The molecule has 0 aromatic rings. The predicted octanol–water partition coefficient (Wildman–Crippen LogP) is 4.07. The molecule has 0 saturated carbocycles. The van der Waals surface area contributed by atoms with E-state index in [-0.39, 0.29) is 72.6 Å². The summed E-state index contributed by atoms with van der Waals surface area (Å²) in [5.74, 6) is 0.411. The van der Waals surface area contributed by atoms with Gasteiger partial charge in [-0.25, -0.2) is 0 Å². The van der Waals surface area contributed by atoms with E-state index in [4.69, 9.17) is 28.4 Å². The second-order valence-corrected chi connectivity index (χ2v) is 11.6. The number of esters is 2. The van der Waals surface area contributed by atoms with Crippen LogP contribution < -0.4 is 0 Å². The van der Waals surface area contributed by atoms with E-state index in [2.05, 4.69) is 27.7 Å². The molecule has 0 aromatic carbocycles. The fourth-order valence-electron chi connectivity index (χ4n) is 6.82. The Morgan fingerprint density at radius 1 is 0.583 bits per heavy atom. The number of rotatable bonds is 5. The highest BCUT2D eigenvalue weighted by Crippen LogP contribution is 2.41. The van der Waals surface area contributed by atoms with Gasteiger partial charge in [0.2, 0.25) is 0 Å². The Labute approximate surface area is 216 Å². The van der Waals surface area contributed by atoms with Gasteiger partial charge in [-0.05, 0) is 37.5 Å². The number of carbonyl (C=O) groups excluding carboxylic acids is 2. The summed E-state index contributed by atoms with van der Waals surface area (Å²) in [6, 6.07) is 0. The summed E-state index contributed by atoms with van der Waals surface area (Å²) < 4.78 is 37.2. The van der Waals surface area contributed by atoms with E-state index in [1.54, 1.807) is 0 Å². The minimum absolute atomic E-state index is 0.0328. The molecule has 4 aliphatic rings. The average molecular weight is 511 g/mol. The number of ether oxygens (including phenoxy) is 6. The summed E-state index contributed by atoms with van der Waals surface area (Å²) in [5.41, 5.74) is 0. The maximum Gasteiger partial charge on any atom is 0.302 e. The zero-order valence-corrected chi connectivity index (χ0v) is 22.9. The molecule has 0 N–H and O–H groups in total. The summed E-state index contributed by atoms with van der Waals surface area (Å²) in [6.07, 6.45) is 4.77. The number of carbonyl (C=O) groups is 2.